The molecular weight excluding hydrogens is 234 g/mol. The Morgan fingerprint density at radius 1 is 1.72 bits per heavy atom. The lowest BCUT2D eigenvalue weighted by Crippen LogP contribution is -2.40. The molecule has 0 aliphatic carbocycles. The molecule has 1 aromatic rings. The Balaban J connectivity index is 1.99. The fourth-order valence-electron chi connectivity index (χ4n) is 2.33. The zero-order valence-electron chi connectivity index (χ0n) is 10.6. The average Bonchev–Trinajstić information content (AvgIpc) is 2.88. The molecule has 1 fully saturated rings. The van der Waals surface area contributed by atoms with Gasteiger partial charge >= 0.3 is 0 Å². The summed E-state index contributed by atoms with van der Waals surface area (Å²) in [6.45, 7) is 1.56. The van der Waals surface area contributed by atoms with Crippen LogP contribution in [0, 0.1) is 0 Å². The van der Waals surface area contributed by atoms with Crippen LogP contribution in [0.5, 0.6) is 0 Å². The first-order valence-corrected chi connectivity index (χ1v) is 6.16. The zero-order chi connectivity index (χ0) is 13.0. The van der Waals surface area contributed by atoms with E-state index >= 15 is 0 Å². The van der Waals surface area contributed by atoms with Crippen LogP contribution in [0.25, 0.3) is 0 Å². The summed E-state index contributed by atoms with van der Waals surface area (Å²) in [5.41, 5.74) is 1.64. The lowest BCUT2D eigenvalue weighted by atomic mass is 9.94. The Hall–Kier alpha value is -1.40. The number of amides is 1. The molecule has 0 spiro atoms. The van der Waals surface area contributed by atoms with Gasteiger partial charge in [-0.05, 0) is 18.9 Å². The number of hydrogen-bond acceptors (Lipinski definition) is 4. The van der Waals surface area contributed by atoms with Crippen molar-refractivity contribution in [2.24, 2.45) is 0 Å². The fraction of sp³-hybridized carbons (Fsp3) is 0.667. The van der Waals surface area contributed by atoms with Gasteiger partial charge in [-0.2, -0.15) is 5.10 Å². The highest BCUT2D eigenvalue weighted by Gasteiger charge is 2.26. The van der Waals surface area contributed by atoms with Crippen molar-refractivity contribution >= 4 is 5.91 Å². The van der Waals surface area contributed by atoms with Gasteiger partial charge in [0.2, 0.25) is 5.91 Å². The van der Waals surface area contributed by atoms with Crippen LogP contribution in [-0.4, -0.2) is 52.9 Å². The summed E-state index contributed by atoms with van der Waals surface area (Å²) < 4.78 is 4.87. The van der Waals surface area contributed by atoms with Gasteiger partial charge in [0.15, 0.2) is 0 Å². The Morgan fingerprint density at radius 3 is 3.22 bits per heavy atom. The van der Waals surface area contributed by atoms with Gasteiger partial charge in [0.25, 0.3) is 0 Å². The van der Waals surface area contributed by atoms with E-state index in [0.717, 1.165) is 25.1 Å². The molecule has 1 amide bonds. The highest BCUT2D eigenvalue weighted by molar-refractivity contribution is 5.77. The number of nitrogens with one attached hydrogen (secondary N) is 1. The zero-order valence-corrected chi connectivity index (χ0v) is 10.6. The third-order valence-electron chi connectivity index (χ3n) is 3.28. The van der Waals surface area contributed by atoms with E-state index in [1.54, 1.807) is 0 Å². The number of aliphatic hydroxyl groups excluding tert-OH is 1. The number of nitrogens with zero attached hydrogens (tertiary/aromatic N) is 2. The van der Waals surface area contributed by atoms with Crippen LogP contribution in [0.2, 0.25) is 0 Å². The van der Waals surface area contributed by atoms with Crippen molar-refractivity contribution in [2.45, 2.75) is 25.4 Å². The SMILES string of the molecule is COCC(=O)N1CCC[C@@H](c2cc(CO)[nH]n2)C1. The van der Waals surface area contributed by atoms with Gasteiger partial charge in [0, 0.05) is 26.1 Å². The van der Waals surface area contributed by atoms with Crippen molar-refractivity contribution < 1.29 is 14.6 Å². The van der Waals surface area contributed by atoms with Crippen LogP contribution in [0.15, 0.2) is 6.07 Å². The van der Waals surface area contributed by atoms with E-state index in [1.165, 1.54) is 7.11 Å². The second kappa shape index (κ2) is 5.97. The maximum absolute atomic E-state index is 11.8. The third-order valence-corrected chi connectivity index (χ3v) is 3.28. The number of H-pyrrole nitrogens is 1. The van der Waals surface area contributed by atoms with Crippen molar-refractivity contribution in [3.05, 3.63) is 17.5 Å². The predicted molar refractivity (Wildman–Crippen MR) is 64.9 cm³/mol. The van der Waals surface area contributed by atoms with Gasteiger partial charge in [0.1, 0.15) is 6.61 Å². The van der Waals surface area contributed by atoms with Crippen LogP contribution < -0.4 is 0 Å². The molecule has 0 bridgehead atoms. The standard InChI is InChI=1S/C12H19N3O3/c1-18-8-12(17)15-4-2-3-9(6-15)11-5-10(7-16)13-14-11/h5,9,16H,2-4,6-8H2,1H3,(H,13,14)/t9-/m1/s1. The molecule has 18 heavy (non-hydrogen) atoms. The molecule has 2 N–H and O–H groups in total. The fourth-order valence-corrected chi connectivity index (χ4v) is 2.33. The predicted octanol–water partition coefficient (Wildman–Crippen LogP) is 0.254. The molecule has 2 rings (SSSR count). The smallest absolute Gasteiger partial charge is 0.248 e. The van der Waals surface area contributed by atoms with E-state index in [0.29, 0.717) is 12.2 Å². The largest absolute Gasteiger partial charge is 0.390 e. The monoisotopic (exact) mass is 253 g/mol. The van der Waals surface area contributed by atoms with Crippen molar-refractivity contribution in [2.75, 3.05) is 26.8 Å². The highest BCUT2D eigenvalue weighted by Crippen LogP contribution is 2.25. The van der Waals surface area contributed by atoms with E-state index in [-0.39, 0.29) is 25.0 Å². The molecule has 0 saturated carbocycles. The minimum atomic E-state index is -0.0357. The summed E-state index contributed by atoms with van der Waals surface area (Å²) in [6, 6.07) is 1.87. The first-order valence-electron chi connectivity index (χ1n) is 6.16. The van der Waals surface area contributed by atoms with Gasteiger partial charge in [-0.15, -0.1) is 0 Å². The number of carbonyl (C=O) groups is 1. The molecule has 6 nitrogen and oxygen atoms in total. The summed E-state index contributed by atoms with van der Waals surface area (Å²) in [4.78, 5) is 13.6. The number of piperidine rings is 1. The van der Waals surface area contributed by atoms with Crippen LogP contribution in [0.1, 0.15) is 30.1 Å². The number of methoxy groups -OCH3 is 1. The summed E-state index contributed by atoms with van der Waals surface area (Å²) in [6.07, 6.45) is 1.99. The van der Waals surface area contributed by atoms with Gasteiger partial charge < -0.3 is 14.7 Å². The summed E-state index contributed by atoms with van der Waals surface area (Å²) in [5, 5.41) is 16.0. The Labute approximate surface area is 106 Å². The molecule has 1 aromatic heterocycles. The van der Waals surface area contributed by atoms with Crippen LogP contribution >= 0.6 is 0 Å². The Kier molecular flexibility index (Phi) is 4.33. The van der Waals surface area contributed by atoms with Crippen molar-refractivity contribution in [1.29, 1.82) is 0 Å². The Bertz CT molecular complexity index is 405. The van der Waals surface area contributed by atoms with Gasteiger partial charge in [-0.1, -0.05) is 0 Å². The highest BCUT2D eigenvalue weighted by atomic mass is 16.5. The van der Waals surface area contributed by atoms with Crippen molar-refractivity contribution in [3.63, 3.8) is 0 Å². The molecule has 0 aromatic carbocycles. The number of aromatic amines is 1. The van der Waals surface area contributed by atoms with Crippen LogP contribution in [0.4, 0.5) is 0 Å². The second-order valence-electron chi connectivity index (χ2n) is 4.59. The number of aromatic nitrogens is 2. The summed E-state index contributed by atoms with van der Waals surface area (Å²) >= 11 is 0. The van der Waals surface area contributed by atoms with Crippen molar-refractivity contribution in [3.8, 4) is 0 Å². The summed E-state index contributed by atoms with van der Waals surface area (Å²) in [5.74, 6) is 0.274. The average molecular weight is 253 g/mol. The normalized spacial score (nSPS) is 20.1. The molecular formula is C12H19N3O3. The molecule has 2 heterocycles. The van der Waals surface area contributed by atoms with Gasteiger partial charge in [-0.25, -0.2) is 0 Å². The van der Waals surface area contributed by atoms with E-state index in [4.69, 9.17) is 9.84 Å². The Morgan fingerprint density at radius 2 is 2.56 bits per heavy atom. The minimum Gasteiger partial charge on any atom is -0.390 e. The molecule has 1 aliphatic heterocycles. The lowest BCUT2D eigenvalue weighted by molar-refractivity contribution is -0.136. The van der Waals surface area contributed by atoms with E-state index in [1.807, 2.05) is 11.0 Å². The maximum Gasteiger partial charge on any atom is 0.248 e. The molecule has 6 heteroatoms. The third kappa shape index (κ3) is 2.88. The molecule has 1 atom stereocenters. The van der Waals surface area contributed by atoms with Gasteiger partial charge in [0.05, 0.1) is 18.0 Å². The lowest BCUT2D eigenvalue weighted by Gasteiger charge is -2.31. The van der Waals surface area contributed by atoms with Crippen LogP contribution in [-0.2, 0) is 16.1 Å². The second-order valence-corrected chi connectivity index (χ2v) is 4.59. The molecule has 100 valence electrons. The van der Waals surface area contributed by atoms with E-state index < -0.39 is 0 Å². The summed E-state index contributed by atoms with van der Waals surface area (Å²) in [7, 11) is 1.53. The number of carbonyl (C=O) groups excluding carboxylic acids is 1. The number of rotatable bonds is 4. The first-order chi connectivity index (χ1) is 8.74. The number of likely N-dealkylation sites (tertiary alicyclic amines) is 1. The van der Waals surface area contributed by atoms with Gasteiger partial charge in [-0.3, -0.25) is 9.89 Å². The number of ether oxygens (including phenoxy) is 1. The van der Waals surface area contributed by atoms with Crippen molar-refractivity contribution in [1.82, 2.24) is 15.1 Å². The number of hydrogen-bond donors (Lipinski definition) is 2. The van der Waals surface area contributed by atoms with Crippen LogP contribution in [0.3, 0.4) is 0 Å². The minimum absolute atomic E-state index is 0.0279. The topological polar surface area (TPSA) is 78.5 Å². The molecule has 1 aliphatic rings. The first kappa shape index (κ1) is 13.0. The quantitative estimate of drug-likeness (QED) is 0.806. The molecule has 0 unspecified atom stereocenters. The molecule has 0 radical (unpaired) electrons. The van der Waals surface area contributed by atoms with E-state index in [2.05, 4.69) is 10.2 Å². The maximum atomic E-state index is 11.8. The number of aliphatic hydroxyl groups is 1. The van der Waals surface area contributed by atoms with E-state index in [9.17, 15) is 4.79 Å². The molecule has 1 saturated heterocycles.